The quantitative estimate of drug-likeness (QED) is 0.180. The summed E-state index contributed by atoms with van der Waals surface area (Å²) in [7, 11) is 0. The van der Waals surface area contributed by atoms with E-state index in [4.69, 9.17) is 4.42 Å². The molecule has 39 heavy (non-hydrogen) atoms. The Labute approximate surface area is 230 Å². The first kappa shape index (κ1) is 26.0. The zero-order chi connectivity index (χ0) is 26.9. The maximum absolute atomic E-state index is 13.5. The molecule has 0 saturated heterocycles. The van der Waals surface area contributed by atoms with Gasteiger partial charge >= 0.3 is 0 Å². The number of aryl methyl sites for hydroxylation is 2. The number of carbonyl (C=O) groups is 1. The monoisotopic (exact) mass is 550 g/mol. The third-order valence-electron chi connectivity index (χ3n) is 7.81. The summed E-state index contributed by atoms with van der Waals surface area (Å²) in [6, 6.07) is 14.2. The van der Waals surface area contributed by atoms with Crippen molar-refractivity contribution in [2.45, 2.75) is 70.6 Å². The van der Waals surface area contributed by atoms with Crippen LogP contribution in [0.25, 0.3) is 21.3 Å². The van der Waals surface area contributed by atoms with Crippen LogP contribution in [0.5, 0.6) is 0 Å². The highest BCUT2D eigenvalue weighted by Gasteiger charge is 2.41. The number of aromatic nitrogens is 3. The Hall–Kier alpha value is -3.20. The number of alkyl halides is 2. The van der Waals surface area contributed by atoms with E-state index in [-0.39, 0.29) is 24.7 Å². The molecule has 6 rings (SSSR count). The average Bonchev–Trinajstić information content (AvgIpc) is 3.51. The second-order valence-corrected chi connectivity index (χ2v) is 12.1. The highest BCUT2D eigenvalue weighted by atomic mass is 32.1. The third kappa shape index (κ3) is 5.88. The molecule has 1 amide bonds. The Balaban J connectivity index is 1.14. The fourth-order valence-electron chi connectivity index (χ4n) is 5.31. The molecule has 204 valence electrons. The lowest BCUT2D eigenvalue weighted by atomic mass is 9.74. The predicted molar refractivity (Wildman–Crippen MR) is 148 cm³/mol. The van der Waals surface area contributed by atoms with E-state index in [1.165, 1.54) is 0 Å². The van der Waals surface area contributed by atoms with Crippen LogP contribution in [-0.4, -0.2) is 34.1 Å². The van der Waals surface area contributed by atoms with E-state index < -0.39 is 12.3 Å². The number of benzene rings is 2. The minimum absolute atomic E-state index is 0.0523. The normalized spacial score (nSPS) is 19.0. The highest BCUT2D eigenvalue weighted by molar-refractivity contribution is 7.18. The average molecular weight is 551 g/mol. The van der Waals surface area contributed by atoms with E-state index >= 15 is 0 Å². The second kappa shape index (κ2) is 11.1. The van der Waals surface area contributed by atoms with Gasteiger partial charge < -0.3 is 9.32 Å². The summed E-state index contributed by atoms with van der Waals surface area (Å²) in [5, 5.41) is 9.34. The summed E-state index contributed by atoms with van der Waals surface area (Å²) in [6.45, 7) is 2.54. The number of halogens is 2. The van der Waals surface area contributed by atoms with Gasteiger partial charge in [0.1, 0.15) is 0 Å². The van der Waals surface area contributed by atoms with Crippen LogP contribution in [0, 0.1) is 18.8 Å². The molecular formula is C30H32F2N4O2S. The van der Waals surface area contributed by atoms with Gasteiger partial charge in [0.25, 0.3) is 0 Å². The van der Waals surface area contributed by atoms with Gasteiger partial charge in [0, 0.05) is 36.4 Å². The van der Waals surface area contributed by atoms with Gasteiger partial charge in [-0.25, -0.2) is 13.8 Å². The van der Waals surface area contributed by atoms with Crippen LogP contribution in [0.15, 0.2) is 46.9 Å². The fraction of sp³-hybridized carbons (Fsp3) is 0.467. The lowest BCUT2D eigenvalue weighted by molar-refractivity contribution is -0.129. The summed E-state index contributed by atoms with van der Waals surface area (Å²) in [5.74, 6) is 0.821. The SMILES string of the molecule is Cc1nc2ccc(-c3cccc(N(CCCCCc4nnc(C5CC5)o4)C(=O)C4CC(C(F)F)C4)c3)cc2s1. The van der Waals surface area contributed by atoms with Crippen molar-refractivity contribution in [3.8, 4) is 11.1 Å². The van der Waals surface area contributed by atoms with Crippen LogP contribution in [0.4, 0.5) is 14.5 Å². The second-order valence-electron chi connectivity index (χ2n) is 10.8. The molecule has 0 unspecified atom stereocenters. The zero-order valence-electron chi connectivity index (χ0n) is 22.0. The smallest absolute Gasteiger partial charge is 0.241 e. The predicted octanol–water partition coefficient (Wildman–Crippen LogP) is 7.57. The molecule has 0 atom stereocenters. The van der Waals surface area contributed by atoms with Crippen molar-refractivity contribution < 1.29 is 18.0 Å². The molecular weight excluding hydrogens is 518 g/mol. The number of rotatable bonds is 11. The highest BCUT2D eigenvalue weighted by Crippen LogP contribution is 2.41. The van der Waals surface area contributed by atoms with Crippen molar-refractivity contribution in [2.24, 2.45) is 11.8 Å². The Bertz CT molecular complexity index is 1460. The molecule has 2 saturated carbocycles. The molecule has 0 radical (unpaired) electrons. The summed E-state index contributed by atoms with van der Waals surface area (Å²) in [5.41, 5.74) is 3.87. The molecule has 2 fully saturated rings. The van der Waals surface area contributed by atoms with Gasteiger partial charge in [0.05, 0.1) is 15.2 Å². The number of hydrogen-bond acceptors (Lipinski definition) is 6. The number of anilines is 1. The fourth-order valence-corrected chi connectivity index (χ4v) is 6.18. The molecule has 2 aromatic heterocycles. The van der Waals surface area contributed by atoms with Gasteiger partial charge in [-0.15, -0.1) is 21.5 Å². The number of fused-ring (bicyclic) bond motifs is 1. The molecule has 0 spiro atoms. The van der Waals surface area contributed by atoms with Crippen LogP contribution in [0.1, 0.15) is 67.7 Å². The minimum Gasteiger partial charge on any atom is -0.425 e. The molecule has 0 N–H and O–H groups in total. The van der Waals surface area contributed by atoms with Gasteiger partial charge in [-0.1, -0.05) is 24.6 Å². The Kier molecular flexibility index (Phi) is 7.42. The maximum Gasteiger partial charge on any atom is 0.241 e. The lowest BCUT2D eigenvalue weighted by Crippen LogP contribution is -2.44. The first-order valence-corrected chi connectivity index (χ1v) is 14.7. The van der Waals surface area contributed by atoms with Gasteiger partial charge in [-0.05, 0) is 80.8 Å². The molecule has 0 bridgehead atoms. The molecule has 6 nitrogen and oxygen atoms in total. The van der Waals surface area contributed by atoms with E-state index in [9.17, 15) is 13.6 Å². The molecule has 0 aliphatic heterocycles. The van der Waals surface area contributed by atoms with E-state index in [0.717, 1.165) is 76.5 Å². The number of nitrogens with zero attached hydrogens (tertiary/aromatic N) is 4. The number of amides is 1. The Morgan fingerprint density at radius 3 is 2.69 bits per heavy atom. The van der Waals surface area contributed by atoms with Crippen LogP contribution < -0.4 is 4.90 Å². The van der Waals surface area contributed by atoms with Crippen molar-refractivity contribution >= 4 is 33.1 Å². The van der Waals surface area contributed by atoms with E-state index in [0.29, 0.717) is 18.4 Å². The van der Waals surface area contributed by atoms with Crippen LogP contribution in [0.2, 0.25) is 0 Å². The van der Waals surface area contributed by atoms with Crippen molar-refractivity contribution in [1.29, 1.82) is 0 Å². The largest absolute Gasteiger partial charge is 0.425 e. The molecule has 2 aromatic carbocycles. The standard InChI is InChI=1S/C30H32F2N4O2S/c1-18-33-25-12-11-21(17-26(25)39-18)20-6-5-7-24(16-20)36(30(37)23-14-22(15-23)28(31)32)13-4-2-3-8-27-34-35-29(38-27)19-9-10-19/h5-7,11-12,16-17,19,22-23,28H,2-4,8-10,13-15H2,1H3. The zero-order valence-corrected chi connectivity index (χ0v) is 22.8. The van der Waals surface area contributed by atoms with E-state index in [2.05, 4.69) is 27.3 Å². The van der Waals surface area contributed by atoms with E-state index in [1.54, 1.807) is 11.3 Å². The number of thiazole rings is 1. The lowest BCUT2D eigenvalue weighted by Gasteiger charge is -2.37. The summed E-state index contributed by atoms with van der Waals surface area (Å²) < 4.78 is 33.1. The van der Waals surface area contributed by atoms with Crippen LogP contribution in [0.3, 0.4) is 0 Å². The molecule has 2 aliphatic carbocycles. The number of hydrogen-bond donors (Lipinski definition) is 0. The van der Waals surface area contributed by atoms with Gasteiger partial charge in [0.2, 0.25) is 24.1 Å². The van der Waals surface area contributed by atoms with Crippen LogP contribution >= 0.6 is 11.3 Å². The molecule has 2 heterocycles. The minimum atomic E-state index is -2.36. The van der Waals surface area contributed by atoms with Gasteiger partial charge in [-0.2, -0.15) is 0 Å². The van der Waals surface area contributed by atoms with Crippen molar-refractivity contribution in [1.82, 2.24) is 15.2 Å². The third-order valence-corrected chi connectivity index (χ3v) is 8.75. The van der Waals surface area contributed by atoms with Gasteiger partial charge in [0.15, 0.2) is 0 Å². The molecule has 9 heteroatoms. The van der Waals surface area contributed by atoms with E-state index in [1.807, 2.05) is 42.2 Å². The molecule has 2 aliphatic rings. The Morgan fingerprint density at radius 1 is 1.08 bits per heavy atom. The number of carbonyl (C=O) groups excluding carboxylic acids is 1. The van der Waals surface area contributed by atoms with Crippen molar-refractivity contribution in [3.63, 3.8) is 0 Å². The number of unbranched alkanes of at least 4 members (excludes halogenated alkanes) is 2. The van der Waals surface area contributed by atoms with Crippen LogP contribution in [-0.2, 0) is 11.2 Å². The molecule has 4 aromatic rings. The Morgan fingerprint density at radius 2 is 1.90 bits per heavy atom. The van der Waals surface area contributed by atoms with Crippen molar-refractivity contribution in [3.05, 3.63) is 59.3 Å². The maximum atomic E-state index is 13.5. The first-order chi connectivity index (χ1) is 18.9. The summed E-state index contributed by atoms with van der Waals surface area (Å²) in [6.07, 6.45) is 3.73. The topological polar surface area (TPSA) is 72.1 Å². The van der Waals surface area contributed by atoms with Crippen molar-refractivity contribution in [2.75, 3.05) is 11.4 Å². The summed E-state index contributed by atoms with van der Waals surface area (Å²) in [4.78, 5) is 19.9. The van der Waals surface area contributed by atoms with Gasteiger partial charge in [-0.3, -0.25) is 4.79 Å². The summed E-state index contributed by atoms with van der Waals surface area (Å²) >= 11 is 1.66. The first-order valence-electron chi connectivity index (χ1n) is 13.8.